The predicted octanol–water partition coefficient (Wildman–Crippen LogP) is 6.06. The van der Waals surface area contributed by atoms with Crippen molar-refractivity contribution in [2.75, 3.05) is 4.90 Å². The molecule has 228 valence electrons. The van der Waals surface area contributed by atoms with Crippen LogP contribution in [0.2, 0.25) is 0 Å². The molecule has 8 nitrogen and oxygen atoms in total. The molecular formula is C38H31N3O5. The number of anilines is 1. The molecule has 4 aromatic carbocycles. The zero-order valence-corrected chi connectivity index (χ0v) is 25.0. The van der Waals surface area contributed by atoms with E-state index in [9.17, 15) is 24.3 Å². The molecule has 4 atom stereocenters. The van der Waals surface area contributed by atoms with Gasteiger partial charge < -0.3 is 10.1 Å². The molecule has 0 spiro atoms. The molecule has 2 fully saturated rings. The zero-order valence-electron chi connectivity index (χ0n) is 25.0. The van der Waals surface area contributed by atoms with Crippen LogP contribution < -0.4 is 10.2 Å². The first kappa shape index (κ1) is 29.1. The Bertz CT molecular complexity index is 2010. The molecule has 0 aliphatic carbocycles. The Labute approximate surface area is 265 Å². The second kappa shape index (κ2) is 11.4. The summed E-state index contributed by atoms with van der Waals surface area (Å²) in [5, 5.41) is 15.1. The number of nitrogens with zero attached hydrogens (tertiary/aromatic N) is 1. The van der Waals surface area contributed by atoms with Gasteiger partial charge in [-0.2, -0.15) is 0 Å². The van der Waals surface area contributed by atoms with E-state index in [1.54, 1.807) is 30.5 Å². The molecule has 2 saturated heterocycles. The van der Waals surface area contributed by atoms with Crippen LogP contribution >= 0.6 is 0 Å². The monoisotopic (exact) mass is 609 g/mol. The fourth-order valence-corrected chi connectivity index (χ4v) is 6.97. The van der Waals surface area contributed by atoms with Gasteiger partial charge in [0.1, 0.15) is 5.54 Å². The van der Waals surface area contributed by atoms with Gasteiger partial charge in [0.05, 0.1) is 17.5 Å². The largest absolute Gasteiger partial charge is 0.480 e. The van der Waals surface area contributed by atoms with E-state index in [4.69, 9.17) is 0 Å². The van der Waals surface area contributed by atoms with Crippen LogP contribution in [0.4, 0.5) is 5.69 Å². The standard InChI is InChI=1S/C38H31N3O5/c1-23(42)26-17-19-29(20-18-26)41-35(43)32-33(36(41)44)38(37(45)46,21-28-22-39-31-10-6-5-9-30(28)31)40-34(32)27-15-13-25(14-16-27)12-11-24-7-3-2-4-8-24/h2-20,22,32-34,39-40H,21H2,1H3,(H,45,46)/b12-11+. The number of Topliss-reactive ketones (excluding diaryl/α,β-unsaturated/α-hetero) is 1. The smallest absolute Gasteiger partial charge is 0.325 e. The lowest BCUT2D eigenvalue weighted by Crippen LogP contribution is -2.57. The number of nitrogens with one attached hydrogen (secondary N) is 2. The SMILES string of the molecule is CC(=O)c1ccc(N2C(=O)C3C(c4ccc(/C=C/c5ccccc5)cc4)NC(Cc4c[nH]c5ccccc45)(C(=O)O)C3C2=O)cc1. The summed E-state index contributed by atoms with van der Waals surface area (Å²) in [4.78, 5) is 58.1. The van der Waals surface area contributed by atoms with E-state index >= 15 is 0 Å². The molecule has 0 radical (unpaired) electrons. The molecule has 2 amide bonds. The number of hydrogen-bond donors (Lipinski definition) is 3. The van der Waals surface area contributed by atoms with Crippen molar-refractivity contribution in [3.05, 3.63) is 137 Å². The van der Waals surface area contributed by atoms with E-state index in [-0.39, 0.29) is 12.2 Å². The lowest BCUT2D eigenvalue weighted by Gasteiger charge is -2.31. The molecule has 5 aromatic rings. The second-order valence-corrected chi connectivity index (χ2v) is 12.0. The third-order valence-corrected chi connectivity index (χ3v) is 9.28. The van der Waals surface area contributed by atoms with Crippen LogP contribution in [0.3, 0.4) is 0 Å². The Morgan fingerprint density at radius 3 is 2.15 bits per heavy atom. The van der Waals surface area contributed by atoms with Crippen molar-refractivity contribution < 1.29 is 24.3 Å². The molecule has 1 aromatic heterocycles. The number of benzene rings is 4. The van der Waals surface area contributed by atoms with Gasteiger partial charge >= 0.3 is 5.97 Å². The molecule has 8 heteroatoms. The summed E-state index contributed by atoms with van der Waals surface area (Å²) < 4.78 is 0. The van der Waals surface area contributed by atoms with Gasteiger partial charge in [0.2, 0.25) is 11.8 Å². The van der Waals surface area contributed by atoms with Crippen LogP contribution in [0.1, 0.15) is 45.6 Å². The van der Waals surface area contributed by atoms with Crippen molar-refractivity contribution in [2.45, 2.75) is 24.9 Å². The first-order valence-corrected chi connectivity index (χ1v) is 15.1. The molecule has 2 aliphatic rings. The Hall–Kier alpha value is -5.60. The number of imide groups is 1. The highest BCUT2D eigenvalue weighted by atomic mass is 16.4. The average molecular weight is 610 g/mol. The molecule has 4 unspecified atom stereocenters. The number of aromatic amines is 1. The predicted molar refractivity (Wildman–Crippen MR) is 176 cm³/mol. The summed E-state index contributed by atoms with van der Waals surface area (Å²) in [7, 11) is 0. The van der Waals surface area contributed by atoms with Crippen molar-refractivity contribution >= 4 is 52.3 Å². The van der Waals surface area contributed by atoms with Crippen LogP contribution in [0.5, 0.6) is 0 Å². The van der Waals surface area contributed by atoms with Crippen molar-refractivity contribution in [1.82, 2.24) is 10.3 Å². The van der Waals surface area contributed by atoms with Gasteiger partial charge in [-0.3, -0.25) is 24.5 Å². The quantitative estimate of drug-likeness (QED) is 0.112. The fourth-order valence-electron chi connectivity index (χ4n) is 6.97. The molecule has 0 bridgehead atoms. The number of ketones is 1. The zero-order chi connectivity index (χ0) is 32.0. The average Bonchev–Trinajstić information content (AvgIpc) is 3.72. The summed E-state index contributed by atoms with van der Waals surface area (Å²) in [6.45, 7) is 1.44. The van der Waals surface area contributed by atoms with E-state index in [1.165, 1.54) is 6.92 Å². The van der Waals surface area contributed by atoms with Crippen molar-refractivity contribution in [1.29, 1.82) is 0 Å². The third kappa shape index (κ3) is 4.83. The number of H-pyrrole nitrogens is 1. The lowest BCUT2D eigenvalue weighted by atomic mass is 9.76. The summed E-state index contributed by atoms with van der Waals surface area (Å²) in [5.41, 5.74) is 3.27. The Morgan fingerprint density at radius 2 is 1.48 bits per heavy atom. The number of carboxylic acid groups (broad SMARTS) is 1. The highest BCUT2D eigenvalue weighted by Gasteiger charge is 2.68. The fraction of sp³-hybridized carbons (Fsp3) is 0.158. The number of carboxylic acids is 1. The molecule has 3 N–H and O–H groups in total. The van der Waals surface area contributed by atoms with E-state index < -0.39 is 41.2 Å². The Balaban J connectivity index is 1.30. The Kier molecular flexibility index (Phi) is 7.22. The minimum atomic E-state index is -1.77. The number of rotatable bonds is 8. The van der Waals surface area contributed by atoms with Crippen LogP contribution in [0, 0.1) is 11.8 Å². The van der Waals surface area contributed by atoms with E-state index in [0.717, 1.165) is 32.5 Å². The number of aromatic nitrogens is 1. The summed E-state index contributed by atoms with van der Waals surface area (Å²) in [6.07, 6.45) is 5.74. The maximum absolute atomic E-state index is 14.3. The summed E-state index contributed by atoms with van der Waals surface area (Å²) in [6, 6.07) is 30.6. The van der Waals surface area contributed by atoms with Crippen molar-refractivity contribution in [2.24, 2.45) is 11.8 Å². The van der Waals surface area contributed by atoms with Crippen molar-refractivity contribution in [3.63, 3.8) is 0 Å². The van der Waals surface area contributed by atoms with Crippen LogP contribution in [-0.4, -0.2) is 39.2 Å². The number of carbonyl (C=O) groups excluding carboxylic acids is 3. The molecule has 46 heavy (non-hydrogen) atoms. The van der Waals surface area contributed by atoms with Gasteiger partial charge in [0.15, 0.2) is 5.78 Å². The van der Waals surface area contributed by atoms with E-state index in [1.807, 2.05) is 91.0 Å². The molecule has 7 rings (SSSR count). The second-order valence-electron chi connectivity index (χ2n) is 12.0. The third-order valence-electron chi connectivity index (χ3n) is 9.28. The minimum absolute atomic E-state index is 0.0158. The molecular weight excluding hydrogens is 578 g/mol. The number of hydrogen-bond acceptors (Lipinski definition) is 5. The first-order chi connectivity index (χ1) is 22.3. The number of aliphatic carboxylic acids is 1. The van der Waals surface area contributed by atoms with Gasteiger partial charge in [0, 0.05) is 35.1 Å². The Morgan fingerprint density at radius 1 is 0.826 bits per heavy atom. The topological polar surface area (TPSA) is 120 Å². The molecule has 2 aliphatic heterocycles. The maximum atomic E-state index is 14.3. The van der Waals surface area contributed by atoms with Crippen LogP contribution in [0.15, 0.2) is 109 Å². The van der Waals surface area contributed by atoms with Gasteiger partial charge in [0.25, 0.3) is 0 Å². The van der Waals surface area contributed by atoms with Crippen molar-refractivity contribution in [3.8, 4) is 0 Å². The van der Waals surface area contributed by atoms with Crippen LogP contribution in [0.25, 0.3) is 23.1 Å². The highest BCUT2D eigenvalue weighted by molar-refractivity contribution is 6.24. The maximum Gasteiger partial charge on any atom is 0.325 e. The lowest BCUT2D eigenvalue weighted by molar-refractivity contribution is -0.148. The molecule has 3 heterocycles. The van der Waals surface area contributed by atoms with Crippen LogP contribution in [-0.2, 0) is 20.8 Å². The number of carbonyl (C=O) groups is 4. The summed E-state index contributed by atoms with van der Waals surface area (Å²) in [5.74, 6) is -4.54. The van der Waals surface area contributed by atoms with Gasteiger partial charge in [-0.25, -0.2) is 4.90 Å². The van der Waals surface area contributed by atoms with E-state index in [2.05, 4.69) is 10.3 Å². The number of fused-ring (bicyclic) bond motifs is 2. The van der Waals surface area contributed by atoms with Gasteiger partial charge in [-0.1, -0.05) is 84.9 Å². The van der Waals surface area contributed by atoms with E-state index in [0.29, 0.717) is 16.8 Å². The highest BCUT2D eigenvalue weighted by Crippen LogP contribution is 2.51. The van der Waals surface area contributed by atoms with Gasteiger partial charge in [-0.15, -0.1) is 0 Å². The van der Waals surface area contributed by atoms with Gasteiger partial charge in [-0.05, 0) is 59.5 Å². The number of amides is 2. The minimum Gasteiger partial charge on any atom is -0.480 e. The normalized spacial score (nSPS) is 22.5. The summed E-state index contributed by atoms with van der Waals surface area (Å²) >= 11 is 0. The first-order valence-electron chi connectivity index (χ1n) is 15.1. The molecule has 0 saturated carbocycles. The number of para-hydroxylation sites is 1.